The van der Waals surface area contributed by atoms with Crippen LogP contribution in [0.3, 0.4) is 0 Å². The summed E-state index contributed by atoms with van der Waals surface area (Å²) < 4.78 is 14.1. The lowest BCUT2D eigenvalue weighted by Crippen LogP contribution is -2.24. The largest absolute Gasteiger partial charge is 0.468 e. The van der Waals surface area contributed by atoms with Crippen LogP contribution in [-0.2, 0) is 17.0 Å². The molecule has 0 aliphatic heterocycles. The van der Waals surface area contributed by atoms with Gasteiger partial charge in [0.15, 0.2) is 5.16 Å². The molecule has 0 saturated carbocycles. The molecule has 0 spiro atoms. The number of esters is 1. The van der Waals surface area contributed by atoms with E-state index in [0.29, 0.717) is 39.9 Å². The first kappa shape index (κ1) is 21.0. The van der Waals surface area contributed by atoms with E-state index in [4.69, 9.17) is 9.15 Å². The Hall–Kier alpha value is -3.85. The Labute approximate surface area is 192 Å². The van der Waals surface area contributed by atoms with Gasteiger partial charge in [-0.05, 0) is 30.7 Å². The Bertz CT molecular complexity index is 1500. The Balaban J connectivity index is 1.57. The number of thioether (sulfide) groups is 1. The molecule has 0 aliphatic rings. The van der Waals surface area contributed by atoms with Gasteiger partial charge in [0.25, 0.3) is 5.56 Å². The Morgan fingerprint density at radius 1 is 1.06 bits per heavy atom. The third-order valence-electron chi connectivity index (χ3n) is 5.23. The lowest BCUT2D eigenvalue weighted by atomic mass is 10.2. The maximum absolute atomic E-state index is 13.3. The van der Waals surface area contributed by atoms with Crippen molar-refractivity contribution in [1.29, 1.82) is 0 Å². The number of hydrogen-bond acceptors (Lipinski definition) is 7. The number of carbonyl (C=O) groups excluding carboxylic acids is 1. The third kappa shape index (κ3) is 3.91. The number of rotatable bonds is 7. The van der Waals surface area contributed by atoms with E-state index in [0.717, 1.165) is 11.1 Å². The van der Waals surface area contributed by atoms with Crippen LogP contribution in [0.1, 0.15) is 28.6 Å². The molecule has 5 rings (SSSR count). The van der Waals surface area contributed by atoms with Crippen molar-refractivity contribution in [1.82, 2.24) is 19.2 Å². The molecule has 166 valence electrons. The van der Waals surface area contributed by atoms with Gasteiger partial charge in [0, 0.05) is 0 Å². The van der Waals surface area contributed by atoms with E-state index in [1.54, 1.807) is 23.6 Å². The van der Waals surface area contributed by atoms with E-state index < -0.39 is 5.97 Å². The monoisotopic (exact) mass is 460 g/mol. The quantitative estimate of drug-likeness (QED) is 0.266. The van der Waals surface area contributed by atoms with Crippen LogP contribution in [-0.4, -0.2) is 31.7 Å². The van der Waals surface area contributed by atoms with Crippen LogP contribution < -0.4 is 5.56 Å². The van der Waals surface area contributed by atoms with Crippen LogP contribution in [0.5, 0.6) is 0 Å². The van der Waals surface area contributed by atoms with Crippen LogP contribution >= 0.6 is 11.8 Å². The van der Waals surface area contributed by atoms with Crippen LogP contribution in [0, 0.1) is 0 Å². The maximum atomic E-state index is 13.3. The highest BCUT2D eigenvalue weighted by molar-refractivity contribution is 7.98. The molecule has 0 bridgehead atoms. The number of aromatic nitrogens is 4. The van der Waals surface area contributed by atoms with Gasteiger partial charge in [-0.2, -0.15) is 0 Å². The van der Waals surface area contributed by atoms with Crippen LogP contribution in [0.25, 0.3) is 16.7 Å². The van der Waals surface area contributed by atoms with Gasteiger partial charge < -0.3 is 9.15 Å². The summed E-state index contributed by atoms with van der Waals surface area (Å²) >= 11 is 1.37. The maximum Gasteiger partial charge on any atom is 0.341 e. The molecular formula is C24H20N4O4S. The SMILES string of the molecule is CCOC(=O)c1ccoc1CSc1nnc2n(Cc3ccccc3)c(=O)c3ccccc3n12. The molecule has 0 saturated heterocycles. The van der Waals surface area contributed by atoms with Crippen molar-refractivity contribution in [2.75, 3.05) is 6.61 Å². The molecular weight excluding hydrogens is 440 g/mol. The standard InChI is InChI=1S/C24H20N4O4S/c1-2-31-22(30)18-12-13-32-20(18)15-33-24-26-25-23-27(14-16-8-4-3-5-9-16)21(29)17-10-6-7-11-19(17)28(23)24/h3-13H,2,14-15H2,1H3. The molecule has 3 aromatic heterocycles. The van der Waals surface area contributed by atoms with Gasteiger partial charge in [0.1, 0.15) is 11.3 Å². The molecule has 0 unspecified atom stereocenters. The topological polar surface area (TPSA) is 91.6 Å². The van der Waals surface area contributed by atoms with E-state index in [2.05, 4.69) is 10.2 Å². The number of furan rings is 1. The first-order valence-corrected chi connectivity index (χ1v) is 11.4. The molecule has 0 aliphatic carbocycles. The van der Waals surface area contributed by atoms with Gasteiger partial charge in [-0.15, -0.1) is 10.2 Å². The van der Waals surface area contributed by atoms with E-state index in [9.17, 15) is 9.59 Å². The summed E-state index contributed by atoms with van der Waals surface area (Å²) in [5, 5.41) is 9.87. The highest BCUT2D eigenvalue weighted by atomic mass is 32.2. The van der Waals surface area contributed by atoms with Crippen molar-refractivity contribution in [3.8, 4) is 0 Å². The number of nitrogens with zero attached hydrogens (tertiary/aromatic N) is 4. The molecule has 0 N–H and O–H groups in total. The minimum Gasteiger partial charge on any atom is -0.468 e. The van der Waals surface area contributed by atoms with Crippen molar-refractivity contribution >= 4 is 34.4 Å². The minimum atomic E-state index is -0.421. The van der Waals surface area contributed by atoms with Crippen LogP contribution in [0.15, 0.2) is 81.3 Å². The number of para-hydroxylation sites is 1. The number of fused-ring (bicyclic) bond motifs is 3. The average molecular weight is 461 g/mol. The Morgan fingerprint density at radius 2 is 1.85 bits per heavy atom. The van der Waals surface area contributed by atoms with Crippen molar-refractivity contribution in [3.63, 3.8) is 0 Å². The summed E-state index contributed by atoms with van der Waals surface area (Å²) in [4.78, 5) is 25.5. The molecule has 2 aromatic carbocycles. The first-order chi connectivity index (χ1) is 16.2. The molecule has 0 fully saturated rings. The minimum absolute atomic E-state index is 0.124. The van der Waals surface area contributed by atoms with Crippen LogP contribution in [0.2, 0.25) is 0 Å². The molecule has 0 atom stereocenters. The Kier molecular flexibility index (Phi) is 5.70. The normalized spacial score (nSPS) is 11.3. The summed E-state index contributed by atoms with van der Waals surface area (Å²) in [7, 11) is 0. The fraction of sp³-hybridized carbons (Fsp3) is 0.167. The van der Waals surface area contributed by atoms with Gasteiger partial charge in [-0.1, -0.05) is 54.2 Å². The summed E-state index contributed by atoms with van der Waals surface area (Å²) in [5.41, 5.74) is 1.98. The number of hydrogen-bond donors (Lipinski definition) is 0. The molecule has 0 amide bonds. The van der Waals surface area contributed by atoms with E-state index >= 15 is 0 Å². The zero-order valence-electron chi connectivity index (χ0n) is 17.8. The fourth-order valence-electron chi connectivity index (χ4n) is 3.71. The second-order valence-corrected chi connectivity index (χ2v) is 8.22. The number of benzene rings is 2. The summed E-state index contributed by atoms with van der Waals surface area (Å²) in [6.07, 6.45) is 1.47. The lowest BCUT2D eigenvalue weighted by molar-refractivity contribution is 0.0524. The summed E-state index contributed by atoms with van der Waals surface area (Å²) in [6, 6.07) is 18.8. The predicted molar refractivity (Wildman–Crippen MR) is 125 cm³/mol. The van der Waals surface area contributed by atoms with E-state index in [1.165, 1.54) is 18.0 Å². The Morgan fingerprint density at radius 3 is 2.67 bits per heavy atom. The van der Waals surface area contributed by atoms with Gasteiger partial charge in [0.2, 0.25) is 5.78 Å². The van der Waals surface area contributed by atoms with Crippen molar-refractivity contribution in [2.24, 2.45) is 0 Å². The smallest absolute Gasteiger partial charge is 0.341 e. The second kappa shape index (κ2) is 8.95. The van der Waals surface area contributed by atoms with Crippen LogP contribution in [0.4, 0.5) is 0 Å². The number of ether oxygens (including phenoxy) is 1. The van der Waals surface area contributed by atoms with Crippen molar-refractivity contribution in [2.45, 2.75) is 24.4 Å². The first-order valence-electron chi connectivity index (χ1n) is 10.4. The third-order valence-corrected chi connectivity index (χ3v) is 6.16. The zero-order valence-corrected chi connectivity index (χ0v) is 18.6. The van der Waals surface area contributed by atoms with E-state index in [1.807, 2.05) is 52.9 Å². The van der Waals surface area contributed by atoms with Crippen molar-refractivity contribution < 1.29 is 13.9 Å². The van der Waals surface area contributed by atoms with Gasteiger partial charge in [-0.25, -0.2) is 4.79 Å². The fourth-order valence-corrected chi connectivity index (χ4v) is 4.60. The highest BCUT2D eigenvalue weighted by Gasteiger charge is 2.20. The average Bonchev–Trinajstić information content (AvgIpc) is 3.48. The molecule has 5 aromatic rings. The van der Waals surface area contributed by atoms with E-state index in [-0.39, 0.29) is 12.2 Å². The van der Waals surface area contributed by atoms with Crippen molar-refractivity contribution in [3.05, 3.63) is 94.2 Å². The zero-order chi connectivity index (χ0) is 22.8. The molecule has 8 nitrogen and oxygen atoms in total. The van der Waals surface area contributed by atoms with Gasteiger partial charge >= 0.3 is 5.97 Å². The molecule has 3 heterocycles. The lowest BCUT2D eigenvalue weighted by Gasteiger charge is -2.11. The highest BCUT2D eigenvalue weighted by Crippen LogP contribution is 2.27. The summed E-state index contributed by atoms with van der Waals surface area (Å²) in [6.45, 7) is 2.42. The molecule has 33 heavy (non-hydrogen) atoms. The predicted octanol–water partition coefficient (Wildman–Crippen LogP) is 4.15. The van der Waals surface area contributed by atoms with Gasteiger partial charge in [-0.3, -0.25) is 13.8 Å². The number of carbonyl (C=O) groups is 1. The summed E-state index contributed by atoms with van der Waals surface area (Å²) in [5.74, 6) is 0.885. The van der Waals surface area contributed by atoms with Gasteiger partial charge in [0.05, 0.1) is 36.1 Å². The second-order valence-electron chi connectivity index (χ2n) is 7.28. The molecule has 9 heteroatoms. The molecule has 0 radical (unpaired) electrons.